The molecule has 0 spiro atoms. The molecule has 0 N–H and O–H groups in total. The summed E-state index contributed by atoms with van der Waals surface area (Å²) in [4.78, 5) is 27.7. The van der Waals surface area contributed by atoms with Crippen molar-refractivity contribution < 1.29 is 9.21 Å². The lowest BCUT2D eigenvalue weighted by molar-refractivity contribution is 0.0661. The molecular formula is C16H19N5O2. The van der Waals surface area contributed by atoms with Crippen LogP contribution in [0.25, 0.3) is 0 Å². The smallest absolute Gasteiger partial charge is 0.289 e. The molecule has 1 aromatic heterocycles. The lowest BCUT2D eigenvalue weighted by Gasteiger charge is -2.37. The first-order chi connectivity index (χ1) is 11.2. The van der Waals surface area contributed by atoms with Gasteiger partial charge < -0.3 is 19.1 Å². The monoisotopic (exact) mass is 313 g/mol. The van der Waals surface area contributed by atoms with E-state index in [0.717, 1.165) is 31.3 Å². The Morgan fingerprint density at radius 1 is 1.26 bits per heavy atom. The molecule has 0 saturated carbocycles. The van der Waals surface area contributed by atoms with Crippen LogP contribution in [0.15, 0.2) is 45.2 Å². The number of amides is 1. The van der Waals surface area contributed by atoms with Gasteiger partial charge in [-0.05, 0) is 19.1 Å². The third kappa shape index (κ3) is 2.52. The molecule has 1 aromatic rings. The fraction of sp³-hybridized carbons (Fsp3) is 0.438. The van der Waals surface area contributed by atoms with Crippen LogP contribution in [-0.2, 0) is 0 Å². The first kappa shape index (κ1) is 14.0. The number of hydrogen-bond acceptors (Lipinski definition) is 6. The van der Waals surface area contributed by atoms with Crippen molar-refractivity contribution in [2.75, 3.05) is 32.7 Å². The Labute approximate surface area is 134 Å². The Balaban J connectivity index is 1.44. The van der Waals surface area contributed by atoms with Gasteiger partial charge in [0.2, 0.25) is 0 Å². The molecule has 7 nitrogen and oxygen atoms in total. The van der Waals surface area contributed by atoms with E-state index >= 15 is 0 Å². The SMILES string of the molecule is C[C@H]1CN2C=CN=C(N3CCN(C(=O)c4ccco4)CC3)C2=N1. The fourth-order valence-corrected chi connectivity index (χ4v) is 3.16. The highest BCUT2D eigenvalue weighted by molar-refractivity contribution is 6.41. The summed E-state index contributed by atoms with van der Waals surface area (Å²) in [6.07, 6.45) is 5.33. The molecule has 1 saturated heterocycles. The number of aliphatic imine (C=N–C) groups is 2. The van der Waals surface area contributed by atoms with Crippen LogP contribution in [0.5, 0.6) is 0 Å². The number of piperazine rings is 1. The highest BCUT2D eigenvalue weighted by Gasteiger charge is 2.32. The summed E-state index contributed by atoms with van der Waals surface area (Å²) in [5.41, 5.74) is 0. The maximum atomic E-state index is 12.3. The third-order valence-electron chi connectivity index (χ3n) is 4.32. The second-order valence-corrected chi connectivity index (χ2v) is 5.96. The third-order valence-corrected chi connectivity index (χ3v) is 4.32. The predicted octanol–water partition coefficient (Wildman–Crippen LogP) is 1.02. The lowest BCUT2D eigenvalue weighted by atomic mass is 10.2. The van der Waals surface area contributed by atoms with E-state index in [2.05, 4.69) is 26.7 Å². The Morgan fingerprint density at radius 3 is 2.83 bits per heavy atom. The van der Waals surface area contributed by atoms with E-state index in [1.807, 2.05) is 17.3 Å². The standard InChI is InChI=1S/C16H19N5O2/c1-12-11-21-5-4-17-14(15(21)18-12)19-6-8-20(9-7-19)16(22)13-3-2-10-23-13/h2-5,10,12H,6-9,11H2,1H3/t12-/m0/s1. The van der Waals surface area contributed by atoms with Crippen molar-refractivity contribution in [3.8, 4) is 0 Å². The Kier molecular flexibility index (Phi) is 3.40. The maximum Gasteiger partial charge on any atom is 0.289 e. The number of amidine groups is 2. The highest BCUT2D eigenvalue weighted by atomic mass is 16.3. The van der Waals surface area contributed by atoms with Crippen LogP contribution in [-0.4, -0.2) is 71.0 Å². The molecule has 4 rings (SSSR count). The number of furan rings is 1. The number of carbonyl (C=O) groups excluding carboxylic acids is 1. The van der Waals surface area contributed by atoms with Crippen molar-refractivity contribution in [2.45, 2.75) is 13.0 Å². The number of hydrogen-bond donors (Lipinski definition) is 0. The van der Waals surface area contributed by atoms with Crippen LogP contribution in [0, 0.1) is 0 Å². The Bertz CT molecular complexity index is 683. The molecule has 0 aromatic carbocycles. The zero-order valence-corrected chi connectivity index (χ0v) is 13.1. The van der Waals surface area contributed by atoms with Gasteiger partial charge in [-0.15, -0.1) is 0 Å². The summed E-state index contributed by atoms with van der Waals surface area (Å²) >= 11 is 0. The molecule has 0 radical (unpaired) electrons. The second-order valence-electron chi connectivity index (χ2n) is 5.96. The molecule has 1 amide bonds. The van der Waals surface area contributed by atoms with E-state index in [9.17, 15) is 4.79 Å². The van der Waals surface area contributed by atoms with Crippen molar-refractivity contribution in [1.29, 1.82) is 0 Å². The van der Waals surface area contributed by atoms with E-state index < -0.39 is 0 Å². The lowest BCUT2D eigenvalue weighted by Crippen LogP contribution is -2.53. The Hall–Kier alpha value is -2.57. The van der Waals surface area contributed by atoms with Gasteiger partial charge >= 0.3 is 0 Å². The summed E-state index contributed by atoms with van der Waals surface area (Å²) in [6, 6.07) is 3.73. The molecule has 7 heteroatoms. The van der Waals surface area contributed by atoms with Gasteiger partial charge in [-0.2, -0.15) is 0 Å². The first-order valence-electron chi connectivity index (χ1n) is 7.89. The topological polar surface area (TPSA) is 64.7 Å². The van der Waals surface area contributed by atoms with Gasteiger partial charge in [-0.25, -0.2) is 4.99 Å². The quantitative estimate of drug-likeness (QED) is 0.776. The number of carbonyl (C=O) groups is 1. The van der Waals surface area contributed by atoms with Crippen LogP contribution < -0.4 is 0 Å². The van der Waals surface area contributed by atoms with Crippen molar-refractivity contribution in [3.05, 3.63) is 36.6 Å². The number of nitrogens with zero attached hydrogens (tertiary/aromatic N) is 5. The molecular weight excluding hydrogens is 294 g/mol. The summed E-state index contributed by atoms with van der Waals surface area (Å²) in [5.74, 6) is 2.22. The van der Waals surface area contributed by atoms with Crippen molar-refractivity contribution in [3.63, 3.8) is 0 Å². The van der Waals surface area contributed by atoms with Crippen LogP contribution in [0.2, 0.25) is 0 Å². The largest absolute Gasteiger partial charge is 0.459 e. The zero-order chi connectivity index (χ0) is 15.8. The maximum absolute atomic E-state index is 12.3. The van der Waals surface area contributed by atoms with Crippen LogP contribution in [0.3, 0.4) is 0 Å². The minimum atomic E-state index is -0.0476. The van der Waals surface area contributed by atoms with E-state index in [4.69, 9.17) is 4.42 Å². The van der Waals surface area contributed by atoms with Crippen LogP contribution in [0.1, 0.15) is 17.5 Å². The minimum absolute atomic E-state index is 0.0476. The second kappa shape index (κ2) is 5.57. The average Bonchev–Trinajstić information content (AvgIpc) is 3.22. The molecule has 0 unspecified atom stereocenters. The molecule has 120 valence electrons. The molecule has 23 heavy (non-hydrogen) atoms. The molecule has 3 aliphatic heterocycles. The first-order valence-corrected chi connectivity index (χ1v) is 7.89. The van der Waals surface area contributed by atoms with E-state index in [1.165, 1.54) is 6.26 Å². The molecule has 3 aliphatic rings. The average molecular weight is 313 g/mol. The van der Waals surface area contributed by atoms with Gasteiger partial charge in [0.25, 0.3) is 5.91 Å². The van der Waals surface area contributed by atoms with Gasteiger partial charge in [0, 0.05) is 45.1 Å². The summed E-state index contributed by atoms with van der Waals surface area (Å²) in [5, 5.41) is 0. The molecule has 0 bridgehead atoms. The number of fused-ring (bicyclic) bond motifs is 1. The molecule has 0 aliphatic carbocycles. The van der Waals surface area contributed by atoms with Crippen molar-refractivity contribution >= 4 is 17.6 Å². The molecule has 1 fully saturated rings. The molecule has 1 atom stereocenters. The van der Waals surface area contributed by atoms with Crippen molar-refractivity contribution in [1.82, 2.24) is 14.7 Å². The van der Waals surface area contributed by atoms with Crippen LogP contribution in [0.4, 0.5) is 0 Å². The predicted molar refractivity (Wildman–Crippen MR) is 86.4 cm³/mol. The van der Waals surface area contributed by atoms with E-state index in [0.29, 0.717) is 24.9 Å². The summed E-state index contributed by atoms with van der Waals surface area (Å²) in [6.45, 7) is 5.83. The van der Waals surface area contributed by atoms with Crippen LogP contribution >= 0.6 is 0 Å². The molecule has 4 heterocycles. The highest BCUT2D eigenvalue weighted by Crippen LogP contribution is 2.18. The normalized spacial score (nSPS) is 23.7. The van der Waals surface area contributed by atoms with Crippen molar-refractivity contribution in [2.24, 2.45) is 9.98 Å². The summed E-state index contributed by atoms with van der Waals surface area (Å²) < 4.78 is 5.20. The Morgan fingerprint density at radius 2 is 2.09 bits per heavy atom. The van der Waals surface area contributed by atoms with Gasteiger partial charge in [0.05, 0.1) is 12.3 Å². The van der Waals surface area contributed by atoms with E-state index in [-0.39, 0.29) is 5.91 Å². The van der Waals surface area contributed by atoms with Gasteiger partial charge in [-0.1, -0.05) is 0 Å². The minimum Gasteiger partial charge on any atom is -0.459 e. The van der Waals surface area contributed by atoms with Gasteiger partial charge in [0.1, 0.15) is 0 Å². The van der Waals surface area contributed by atoms with E-state index in [1.54, 1.807) is 12.1 Å². The van der Waals surface area contributed by atoms with Gasteiger partial charge in [-0.3, -0.25) is 9.79 Å². The fourth-order valence-electron chi connectivity index (χ4n) is 3.16. The van der Waals surface area contributed by atoms with Gasteiger partial charge in [0.15, 0.2) is 17.4 Å². The summed E-state index contributed by atoms with van der Waals surface area (Å²) in [7, 11) is 0. The zero-order valence-electron chi connectivity index (χ0n) is 13.1. The number of rotatable bonds is 1.